The second-order valence-corrected chi connectivity index (χ2v) is 2.03. The van der Waals surface area contributed by atoms with Crippen molar-refractivity contribution in [3.05, 3.63) is 24.8 Å². The molecule has 0 spiro atoms. The Morgan fingerprint density at radius 2 is 2.30 bits per heavy atom. The second-order valence-electron chi connectivity index (χ2n) is 2.03. The van der Waals surface area contributed by atoms with E-state index in [1.165, 1.54) is 0 Å². The summed E-state index contributed by atoms with van der Waals surface area (Å²) < 4.78 is 0. The molecule has 0 amide bonds. The van der Waals surface area contributed by atoms with E-state index >= 15 is 0 Å². The Kier molecular flexibility index (Phi) is 5.68. The minimum Gasteiger partial charge on any atom is -0.324 e. The first-order valence-electron chi connectivity index (χ1n) is 3.29. The summed E-state index contributed by atoms with van der Waals surface area (Å²) in [6.45, 7) is 3.50. The van der Waals surface area contributed by atoms with Crippen LogP contribution in [0, 0.1) is 0 Å². The largest absolute Gasteiger partial charge is 0.324 e. The number of rotatable bonds is 5. The predicted molar refractivity (Wildman–Crippen MR) is 42.6 cm³/mol. The van der Waals surface area contributed by atoms with E-state index in [1.54, 1.807) is 12.2 Å². The molecular formula is C8H13NO. The lowest BCUT2D eigenvalue weighted by Gasteiger charge is -2.00. The van der Waals surface area contributed by atoms with Gasteiger partial charge < -0.3 is 10.5 Å². The van der Waals surface area contributed by atoms with Gasteiger partial charge >= 0.3 is 0 Å². The van der Waals surface area contributed by atoms with Gasteiger partial charge in [-0.05, 0) is 6.42 Å². The fourth-order valence-corrected chi connectivity index (χ4v) is 0.578. The molecule has 56 valence electrons. The lowest BCUT2D eigenvalue weighted by atomic mass is 10.2. The van der Waals surface area contributed by atoms with Crippen molar-refractivity contribution in [2.45, 2.75) is 18.9 Å². The third-order valence-electron chi connectivity index (χ3n) is 1.11. The van der Waals surface area contributed by atoms with E-state index in [2.05, 4.69) is 6.58 Å². The quantitative estimate of drug-likeness (QED) is 0.456. The lowest BCUT2D eigenvalue weighted by Crippen LogP contribution is -2.16. The summed E-state index contributed by atoms with van der Waals surface area (Å²) in [6.07, 6.45) is 7.41. The highest BCUT2D eigenvalue weighted by Gasteiger charge is 1.93. The van der Waals surface area contributed by atoms with E-state index in [-0.39, 0.29) is 6.04 Å². The van der Waals surface area contributed by atoms with Crippen molar-refractivity contribution >= 4 is 6.29 Å². The van der Waals surface area contributed by atoms with Crippen molar-refractivity contribution in [3.63, 3.8) is 0 Å². The van der Waals surface area contributed by atoms with Gasteiger partial charge in [-0.25, -0.2) is 0 Å². The van der Waals surface area contributed by atoms with Crippen molar-refractivity contribution in [2.24, 2.45) is 5.73 Å². The zero-order valence-electron chi connectivity index (χ0n) is 5.99. The van der Waals surface area contributed by atoms with Gasteiger partial charge in [0.2, 0.25) is 0 Å². The average molecular weight is 139 g/mol. The highest BCUT2D eigenvalue weighted by Crippen LogP contribution is 1.92. The lowest BCUT2D eigenvalue weighted by molar-refractivity contribution is -0.107. The van der Waals surface area contributed by atoms with Crippen molar-refractivity contribution in [1.29, 1.82) is 0 Å². The Balaban J connectivity index is 3.41. The molecule has 1 atom stereocenters. The summed E-state index contributed by atoms with van der Waals surface area (Å²) in [5, 5.41) is 0. The van der Waals surface area contributed by atoms with Crippen molar-refractivity contribution in [3.8, 4) is 0 Å². The minimum absolute atomic E-state index is 0.0109. The zero-order valence-corrected chi connectivity index (χ0v) is 5.99. The molecular weight excluding hydrogens is 126 g/mol. The van der Waals surface area contributed by atoms with Gasteiger partial charge in [-0.1, -0.05) is 24.8 Å². The molecule has 0 fully saturated rings. The van der Waals surface area contributed by atoms with Crippen LogP contribution < -0.4 is 5.73 Å². The summed E-state index contributed by atoms with van der Waals surface area (Å²) in [4.78, 5) is 9.88. The first-order valence-corrected chi connectivity index (χ1v) is 3.29. The van der Waals surface area contributed by atoms with Crippen LogP contribution in [0.25, 0.3) is 0 Å². The normalized spacial score (nSPS) is 13.3. The molecule has 0 heterocycles. The molecule has 0 aromatic rings. The zero-order chi connectivity index (χ0) is 7.82. The van der Waals surface area contributed by atoms with Crippen LogP contribution >= 0.6 is 0 Å². The average Bonchev–Trinajstić information content (AvgIpc) is 1.97. The number of carbonyl (C=O) groups excluding carboxylic acids is 1. The van der Waals surface area contributed by atoms with Crippen LogP contribution in [-0.2, 0) is 4.79 Å². The molecule has 0 aromatic carbocycles. The molecule has 10 heavy (non-hydrogen) atoms. The summed E-state index contributed by atoms with van der Waals surface area (Å²) in [5.74, 6) is 0. The van der Waals surface area contributed by atoms with Crippen LogP contribution in [0.4, 0.5) is 0 Å². The highest BCUT2D eigenvalue weighted by atomic mass is 16.1. The van der Waals surface area contributed by atoms with Gasteiger partial charge in [-0.2, -0.15) is 0 Å². The Labute approximate surface area is 61.4 Å². The van der Waals surface area contributed by atoms with Crippen LogP contribution in [0.15, 0.2) is 24.8 Å². The molecule has 0 bridgehead atoms. The number of nitrogens with two attached hydrogens (primary N) is 1. The monoisotopic (exact) mass is 139 g/mol. The van der Waals surface area contributed by atoms with Gasteiger partial charge in [0.1, 0.15) is 6.29 Å². The standard InChI is InChI=1S/C8H13NO/c1-2-3-5-8(9)6-4-7-10/h2-3,5,7-8H,1,4,6,9H2/b5-3-. The van der Waals surface area contributed by atoms with Crippen molar-refractivity contribution < 1.29 is 4.79 Å². The maximum absolute atomic E-state index is 9.88. The Bertz CT molecular complexity index is 129. The first-order chi connectivity index (χ1) is 4.81. The molecule has 2 nitrogen and oxygen atoms in total. The summed E-state index contributed by atoms with van der Waals surface area (Å²) in [7, 11) is 0. The second kappa shape index (κ2) is 6.23. The van der Waals surface area contributed by atoms with Gasteiger partial charge in [0.15, 0.2) is 0 Å². The fraction of sp³-hybridized carbons (Fsp3) is 0.375. The Morgan fingerprint density at radius 3 is 2.80 bits per heavy atom. The van der Waals surface area contributed by atoms with E-state index in [9.17, 15) is 4.79 Å². The van der Waals surface area contributed by atoms with E-state index in [4.69, 9.17) is 5.73 Å². The molecule has 0 rings (SSSR count). The van der Waals surface area contributed by atoms with Crippen LogP contribution in [0.3, 0.4) is 0 Å². The molecule has 1 unspecified atom stereocenters. The molecule has 0 aromatic heterocycles. The van der Waals surface area contributed by atoms with E-state index in [0.717, 1.165) is 6.29 Å². The van der Waals surface area contributed by atoms with E-state index in [0.29, 0.717) is 12.8 Å². The smallest absolute Gasteiger partial charge is 0.120 e. The van der Waals surface area contributed by atoms with E-state index in [1.807, 2.05) is 6.08 Å². The van der Waals surface area contributed by atoms with Crippen molar-refractivity contribution in [2.75, 3.05) is 0 Å². The minimum atomic E-state index is -0.0109. The third-order valence-corrected chi connectivity index (χ3v) is 1.11. The molecule has 0 aliphatic carbocycles. The van der Waals surface area contributed by atoms with Gasteiger partial charge in [0.25, 0.3) is 0 Å². The SMILES string of the molecule is C=C/C=C\C(N)CCC=O. The molecule has 0 saturated heterocycles. The van der Waals surface area contributed by atoms with E-state index < -0.39 is 0 Å². The fourth-order valence-electron chi connectivity index (χ4n) is 0.578. The highest BCUT2D eigenvalue weighted by molar-refractivity contribution is 5.49. The summed E-state index contributed by atoms with van der Waals surface area (Å²) >= 11 is 0. The van der Waals surface area contributed by atoms with Gasteiger partial charge in [-0.15, -0.1) is 0 Å². The topological polar surface area (TPSA) is 43.1 Å². The molecule has 0 saturated carbocycles. The summed E-state index contributed by atoms with van der Waals surface area (Å²) in [5.41, 5.74) is 5.55. The molecule has 2 N–H and O–H groups in total. The maximum atomic E-state index is 9.88. The van der Waals surface area contributed by atoms with Crippen LogP contribution in [-0.4, -0.2) is 12.3 Å². The maximum Gasteiger partial charge on any atom is 0.120 e. The molecule has 2 heteroatoms. The van der Waals surface area contributed by atoms with Crippen LogP contribution in [0.1, 0.15) is 12.8 Å². The number of aldehydes is 1. The number of hydrogen-bond acceptors (Lipinski definition) is 2. The summed E-state index contributed by atoms with van der Waals surface area (Å²) in [6, 6.07) is -0.0109. The van der Waals surface area contributed by atoms with Gasteiger partial charge in [0, 0.05) is 12.5 Å². The first kappa shape index (κ1) is 9.11. The van der Waals surface area contributed by atoms with Gasteiger partial charge in [0.05, 0.1) is 0 Å². The predicted octanol–water partition coefficient (Wildman–Crippen LogP) is 1.04. The number of hydrogen-bond donors (Lipinski definition) is 1. The Morgan fingerprint density at radius 1 is 1.60 bits per heavy atom. The van der Waals surface area contributed by atoms with Crippen LogP contribution in [0.5, 0.6) is 0 Å². The third kappa shape index (κ3) is 5.25. The number of carbonyl (C=O) groups is 1. The van der Waals surface area contributed by atoms with Crippen molar-refractivity contribution in [1.82, 2.24) is 0 Å². The molecule has 0 radical (unpaired) electrons. The number of allylic oxidation sites excluding steroid dienone is 2. The Hall–Kier alpha value is -0.890. The van der Waals surface area contributed by atoms with Crippen LogP contribution in [0.2, 0.25) is 0 Å². The van der Waals surface area contributed by atoms with Gasteiger partial charge in [-0.3, -0.25) is 0 Å². The molecule has 0 aliphatic rings. The molecule has 0 aliphatic heterocycles.